The fourth-order valence-corrected chi connectivity index (χ4v) is 3.27. The number of aliphatic carboxylic acids is 1. The van der Waals surface area contributed by atoms with E-state index in [1.54, 1.807) is 12.1 Å². The molecule has 1 aromatic rings. The number of nitrogens with zero attached hydrogens (tertiary/aromatic N) is 1. The Morgan fingerprint density at radius 2 is 1.69 bits per heavy atom. The average molecular weight is 469 g/mol. The van der Waals surface area contributed by atoms with Crippen molar-refractivity contribution in [1.29, 1.82) is 0 Å². The van der Waals surface area contributed by atoms with Crippen molar-refractivity contribution in [3.8, 4) is 5.75 Å². The van der Waals surface area contributed by atoms with Gasteiger partial charge in [-0.3, -0.25) is 14.6 Å². The van der Waals surface area contributed by atoms with Crippen LogP contribution in [0.2, 0.25) is 0 Å². The summed E-state index contributed by atoms with van der Waals surface area (Å²) >= 11 is 1.46. The number of guanidine groups is 1. The molecule has 1 aromatic carbocycles. The summed E-state index contributed by atoms with van der Waals surface area (Å²) in [5, 5.41) is 23.8. The molecule has 0 fully saturated rings. The highest BCUT2D eigenvalue weighted by Gasteiger charge is 2.27. The van der Waals surface area contributed by atoms with Crippen molar-refractivity contribution in [3.63, 3.8) is 0 Å². The van der Waals surface area contributed by atoms with E-state index >= 15 is 0 Å². The molecule has 0 bridgehead atoms. The number of aromatic hydroxyl groups is 1. The van der Waals surface area contributed by atoms with Gasteiger partial charge in [-0.2, -0.15) is 11.8 Å². The van der Waals surface area contributed by atoms with Gasteiger partial charge in [0.15, 0.2) is 5.96 Å². The first-order chi connectivity index (χ1) is 15.1. The number of benzene rings is 1. The van der Waals surface area contributed by atoms with E-state index in [0.29, 0.717) is 12.2 Å². The Kier molecular flexibility index (Phi) is 12.0. The molecule has 0 saturated heterocycles. The highest BCUT2D eigenvalue weighted by molar-refractivity contribution is 7.98. The minimum atomic E-state index is -1.15. The summed E-state index contributed by atoms with van der Waals surface area (Å²) < 4.78 is 0. The van der Waals surface area contributed by atoms with Crippen LogP contribution in [0, 0.1) is 0 Å². The van der Waals surface area contributed by atoms with E-state index in [2.05, 4.69) is 15.6 Å². The van der Waals surface area contributed by atoms with Gasteiger partial charge < -0.3 is 38.0 Å². The SMILES string of the molecule is CSCCC(NC(=O)C(CCCN=C(N)N)NC(=O)C(N)Cc1ccc(O)cc1)C(=O)O. The molecule has 0 spiro atoms. The molecule has 2 amide bonds. The molecular weight excluding hydrogens is 436 g/mol. The van der Waals surface area contributed by atoms with Crippen LogP contribution in [0.4, 0.5) is 0 Å². The Morgan fingerprint density at radius 3 is 2.25 bits per heavy atom. The molecule has 0 radical (unpaired) electrons. The third-order valence-corrected chi connectivity index (χ3v) is 5.18. The third-order valence-electron chi connectivity index (χ3n) is 4.53. The summed E-state index contributed by atoms with van der Waals surface area (Å²) in [5.41, 5.74) is 17.3. The van der Waals surface area contributed by atoms with Gasteiger partial charge in [0.2, 0.25) is 11.8 Å². The number of aliphatic imine (C=N–C) groups is 1. The largest absolute Gasteiger partial charge is 0.508 e. The molecular formula is C20H32N6O5S. The number of hydrogen-bond donors (Lipinski definition) is 7. The van der Waals surface area contributed by atoms with E-state index in [-0.39, 0.29) is 37.5 Å². The lowest BCUT2D eigenvalue weighted by Gasteiger charge is -2.23. The number of nitrogens with one attached hydrogen (secondary N) is 2. The monoisotopic (exact) mass is 468 g/mol. The van der Waals surface area contributed by atoms with Gasteiger partial charge in [-0.25, -0.2) is 4.79 Å². The zero-order valence-corrected chi connectivity index (χ0v) is 18.8. The van der Waals surface area contributed by atoms with Crippen LogP contribution >= 0.6 is 11.8 Å². The minimum Gasteiger partial charge on any atom is -0.508 e. The van der Waals surface area contributed by atoms with Crippen LogP contribution in [0.15, 0.2) is 29.3 Å². The molecule has 11 nitrogen and oxygen atoms in total. The van der Waals surface area contributed by atoms with Crippen molar-refractivity contribution >= 4 is 35.5 Å². The standard InChI is InChI=1S/C20H32N6O5S/c1-32-10-8-16(19(30)31)26-18(29)15(3-2-9-24-20(22)23)25-17(28)14(21)11-12-4-6-13(27)7-5-12/h4-7,14-16,27H,2-3,8-11,21H2,1H3,(H,25,28)(H,26,29)(H,30,31)(H4,22,23,24). The van der Waals surface area contributed by atoms with Crippen LogP contribution in [-0.2, 0) is 20.8 Å². The Morgan fingerprint density at radius 1 is 1.06 bits per heavy atom. The average Bonchev–Trinajstić information content (AvgIpc) is 2.74. The first kappa shape index (κ1) is 27.0. The van der Waals surface area contributed by atoms with Crippen LogP contribution in [0.1, 0.15) is 24.8 Å². The highest BCUT2D eigenvalue weighted by Crippen LogP contribution is 2.11. The predicted molar refractivity (Wildman–Crippen MR) is 124 cm³/mol. The van der Waals surface area contributed by atoms with Crippen molar-refractivity contribution in [1.82, 2.24) is 10.6 Å². The fraction of sp³-hybridized carbons (Fsp3) is 0.500. The lowest BCUT2D eigenvalue weighted by atomic mass is 10.0. The molecule has 10 N–H and O–H groups in total. The van der Waals surface area contributed by atoms with E-state index < -0.39 is 35.9 Å². The Bertz CT molecular complexity index is 785. The molecule has 0 aromatic heterocycles. The number of rotatable bonds is 14. The molecule has 0 heterocycles. The van der Waals surface area contributed by atoms with Crippen LogP contribution < -0.4 is 27.8 Å². The van der Waals surface area contributed by atoms with Crippen molar-refractivity contribution in [2.75, 3.05) is 18.6 Å². The van der Waals surface area contributed by atoms with Crippen molar-refractivity contribution in [3.05, 3.63) is 29.8 Å². The number of phenolic OH excluding ortho intramolecular Hbond substituents is 1. The van der Waals surface area contributed by atoms with Gasteiger partial charge in [-0.1, -0.05) is 12.1 Å². The molecule has 0 aliphatic carbocycles. The van der Waals surface area contributed by atoms with Gasteiger partial charge in [0, 0.05) is 6.54 Å². The Hall–Kier alpha value is -2.99. The zero-order valence-electron chi connectivity index (χ0n) is 18.0. The molecule has 12 heteroatoms. The number of carbonyl (C=O) groups excluding carboxylic acids is 2. The number of phenols is 1. The number of carbonyl (C=O) groups is 3. The van der Waals surface area contributed by atoms with E-state index in [9.17, 15) is 24.6 Å². The number of carboxylic acid groups (broad SMARTS) is 1. The topological polar surface area (TPSA) is 206 Å². The van der Waals surface area contributed by atoms with Crippen molar-refractivity contribution in [2.24, 2.45) is 22.2 Å². The van der Waals surface area contributed by atoms with Crippen LogP contribution in [0.25, 0.3) is 0 Å². The van der Waals surface area contributed by atoms with Crippen molar-refractivity contribution < 1.29 is 24.6 Å². The van der Waals surface area contributed by atoms with E-state index in [1.165, 1.54) is 23.9 Å². The molecule has 0 saturated carbocycles. The number of nitrogens with two attached hydrogens (primary N) is 3. The van der Waals surface area contributed by atoms with E-state index in [4.69, 9.17) is 17.2 Å². The number of carboxylic acids is 1. The second kappa shape index (κ2) is 14.1. The van der Waals surface area contributed by atoms with E-state index in [0.717, 1.165) is 5.56 Å². The molecule has 178 valence electrons. The number of hydrogen-bond acceptors (Lipinski definition) is 7. The maximum absolute atomic E-state index is 12.8. The normalized spacial score (nSPS) is 13.4. The van der Waals surface area contributed by atoms with E-state index in [1.807, 2.05) is 6.26 Å². The van der Waals surface area contributed by atoms with Gasteiger partial charge in [0.25, 0.3) is 0 Å². The summed E-state index contributed by atoms with van der Waals surface area (Å²) in [5.74, 6) is -1.77. The molecule has 1 rings (SSSR count). The lowest BCUT2D eigenvalue weighted by molar-refractivity contribution is -0.142. The summed E-state index contributed by atoms with van der Waals surface area (Å²) in [7, 11) is 0. The van der Waals surface area contributed by atoms with Crippen molar-refractivity contribution in [2.45, 2.75) is 43.8 Å². The van der Waals surface area contributed by atoms with Gasteiger partial charge in [-0.05, 0) is 55.4 Å². The maximum atomic E-state index is 12.8. The highest BCUT2D eigenvalue weighted by atomic mass is 32.2. The minimum absolute atomic E-state index is 0.0889. The lowest BCUT2D eigenvalue weighted by Crippen LogP contribution is -2.54. The third kappa shape index (κ3) is 10.4. The number of amides is 2. The number of thioether (sulfide) groups is 1. The summed E-state index contributed by atoms with van der Waals surface area (Å²) in [6.07, 6.45) is 2.85. The molecule has 0 aliphatic rings. The van der Waals surface area contributed by atoms with Gasteiger partial charge >= 0.3 is 5.97 Å². The van der Waals surface area contributed by atoms with Crippen LogP contribution in [0.3, 0.4) is 0 Å². The first-order valence-corrected chi connectivity index (χ1v) is 11.4. The molecule has 3 atom stereocenters. The van der Waals surface area contributed by atoms with Crippen LogP contribution in [-0.4, -0.2) is 70.6 Å². The van der Waals surface area contributed by atoms with Gasteiger partial charge in [0.05, 0.1) is 6.04 Å². The quantitative estimate of drug-likeness (QED) is 0.103. The summed E-state index contributed by atoms with van der Waals surface area (Å²) in [6, 6.07) is 3.24. The van der Waals surface area contributed by atoms with Crippen LogP contribution in [0.5, 0.6) is 5.75 Å². The smallest absolute Gasteiger partial charge is 0.326 e. The van der Waals surface area contributed by atoms with Gasteiger partial charge in [0.1, 0.15) is 17.8 Å². The second-order valence-corrected chi connectivity index (χ2v) is 8.15. The fourth-order valence-electron chi connectivity index (χ4n) is 2.80. The first-order valence-electron chi connectivity index (χ1n) is 10.1. The maximum Gasteiger partial charge on any atom is 0.326 e. The Labute approximate surface area is 191 Å². The zero-order chi connectivity index (χ0) is 24.1. The molecule has 3 unspecified atom stereocenters. The predicted octanol–water partition coefficient (Wildman–Crippen LogP) is -0.877. The Balaban J connectivity index is 2.82. The second-order valence-electron chi connectivity index (χ2n) is 7.17. The molecule has 0 aliphatic heterocycles. The summed E-state index contributed by atoms with van der Waals surface area (Å²) in [6.45, 7) is 0.246. The van der Waals surface area contributed by atoms with Gasteiger partial charge in [-0.15, -0.1) is 0 Å². The molecule has 32 heavy (non-hydrogen) atoms. The summed E-state index contributed by atoms with van der Waals surface area (Å²) in [4.78, 5) is 40.7.